The normalized spacial score (nSPS) is 12.0. The molecule has 0 unspecified atom stereocenters. The molecule has 0 bridgehead atoms. The monoisotopic (exact) mass is 396 g/mol. The number of hydrogen-bond acceptors (Lipinski definition) is 6. The highest BCUT2D eigenvalue weighted by Crippen LogP contribution is 2.20. The lowest BCUT2D eigenvalue weighted by atomic mass is 10.3. The molecule has 0 radical (unpaired) electrons. The molecular weight excluding hydrogens is 385 g/mol. The minimum absolute atomic E-state index is 0.406. The van der Waals surface area contributed by atoms with Crippen molar-refractivity contribution in [2.24, 2.45) is 0 Å². The van der Waals surface area contributed by atoms with Gasteiger partial charge in [0.25, 0.3) is 0 Å². The lowest BCUT2D eigenvalue weighted by Gasteiger charge is -2.09. The van der Waals surface area contributed by atoms with Crippen LogP contribution in [0.15, 0.2) is 42.5 Å². The van der Waals surface area contributed by atoms with Crippen LogP contribution in [-0.2, 0) is 20.2 Å². The highest BCUT2D eigenvalue weighted by Gasteiger charge is 2.23. The number of hydrogen-bond donors (Lipinski definition) is 0. The Balaban J connectivity index is 2.04. The summed E-state index contributed by atoms with van der Waals surface area (Å²) in [6.07, 6.45) is 0. The Kier molecular flexibility index (Phi) is 5.58. The molecule has 0 spiro atoms. The van der Waals surface area contributed by atoms with E-state index in [1.54, 1.807) is 0 Å². The molecular formula is C14H11F3O6S2. The average Bonchev–Trinajstić information content (AvgIpc) is 2.51. The van der Waals surface area contributed by atoms with Crippen LogP contribution in [0.3, 0.4) is 0 Å². The van der Waals surface area contributed by atoms with E-state index in [1.807, 2.05) is 0 Å². The third-order valence-electron chi connectivity index (χ3n) is 2.75. The molecule has 136 valence electrons. The molecule has 0 aliphatic heterocycles. The first-order valence-electron chi connectivity index (χ1n) is 6.62. The molecule has 0 amide bonds. The van der Waals surface area contributed by atoms with Crippen LogP contribution in [0.25, 0.3) is 0 Å². The average molecular weight is 396 g/mol. The van der Waals surface area contributed by atoms with Gasteiger partial charge in [-0.25, -0.2) is 13.2 Å². The maximum absolute atomic E-state index is 13.4. The maximum atomic E-state index is 13.4. The van der Waals surface area contributed by atoms with Crippen LogP contribution in [0, 0.1) is 17.5 Å². The summed E-state index contributed by atoms with van der Waals surface area (Å²) in [4.78, 5) is 0. The van der Waals surface area contributed by atoms with Crippen molar-refractivity contribution in [2.75, 3.05) is 11.5 Å². The molecule has 0 atom stereocenters. The highest BCUT2D eigenvalue weighted by atomic mass is 32.2. The lowest BCUT2D eigenvalue weighted by molar-refractivity contribution is 0.451. The fraction of sp³-hybridized carbons (Fsp3) is 0.143. The molecule has 2 aromatic carbocycles. The molecule has 0 aromatic heterocycles. The third kappa shape index (κ3) is 5.64. The van der Waals surface area contributed by atoms with Crippen molar-refractivity contribution in [3.05, 3.63) is 59.9 Å². The van der Waals surface area contributed by atoms with E-state index in [2.05, 4.69) is 8.37 Å². The Morgan fingerprint density at radius 2 is 1.24 bits per heavy atom. The molecule has 11 heteroatoms. The fourth-order valence-electron chi connectivity index (χ4n) is 1.62. The summed E-state index contributed by atoms with van der Waals surface area (Å²) < 4.78 is 95.3. The Morgan fingerprint density at radius 3 is 1.76 bits per heavy atom. The van der Waals surface area contributed by atoms with E-state index in [-0.39, 0.29) is 0 Å². The van der Waals surface area contributed by atoms with Crippen molar-refractivity contribution >= 4 is 20.2 Å². The Morgan fingerprint density at radius 1 is 0.720 bits per heavy atom. The molecule has 2 aromatic rings. The van der Waals surface area contributed by atoms with E-state index < -0.39 is 60.7 Å². The minimum atomic E-state index is -4.52. The zero-order valence-corrected chi connectivity index (χ0v) is 14.0. The van der Waals surface area contributed by atoms with E-state index in [0.29, 0.717) is 6.07 Å². The SMILES string of the molecule is O=S(=O)(CCS(=O)(=O)Oc1ccc(F)cc1F)Oc1ccccc1F. The quantitative estimate of drug-likeness (QED) is 0.667. The van der Waals surface area contributed by atoms with Gasteiger partial charge in [0.15, 0.2) is 23.1 Å². The number of rotatable bonds is 7. The third-order valence-corrected chi connectivity index (χ3v) is 5.28. The van der Waals surface area contributed by atoms with Gasteiger partial charge in [-0.1, -0.05) is 12.1 Å². The predicted octanol–water partition coefficient (Wildman–Crippen LogP) is 2.22. The molecule has 0 saturated carbocycles. The number of benzene rings is 2. The second-order valence-electron chi connectivity index (χ2n) is 4.70. The minimum Gasteiger partial charge on any atom is -0.379 e. The van der Waals surface area contributed by atoms with Gasteiger partial charge in [0.05, 0.1) is 0 Å². The summed E-state index contributed by atoms with van der Waals surface area (Å²) in [5, 5.41) is 0. The second kappa shape index (κ2) is 7.31. The van der Waals surface area contributed by atoms with Gasteiger partial charge in [0.1, 0.15) is 17.3 Å². The Labute approximate surface area is 142 Å². The van der Waals surface area contributed by atoms with E-state index in [9.17, 15) is 30.0 Å². The first-order valence-corrected chi connectivity index (χ1v) is 9.77. The maximum Gasteiger partial charge on any atom is 0.310 e. The molecule has 0 aliphatic carbocycles. The van der Waals surface area contributed by atoms with Gasteiger partial charge in [0, 0.05) is 6.07 Å². The molecule has 0 aliphatic rings. The summed E-state index contributed by atoms with van der Waals surface area (Å²) in [5.41, 5.74) is 0. The van der Waals surface area contributed by atoms with Crippen molar-refractivity contribution < 1.29 is 38.4 Å². The van der Waals surface area contributed by atoms with Crippen molar-refractivity contribution in [1.29, 1.82) is 0 Å². The molecule has 25 heavy (non-hydrogen) atoms. The van der Waals surface area contributed by atoms with Gasteiger partial charge in [0.2, 0.25) is 0 Å². The van der Waals surface area contributed by atoms with Gasteiger partial charge >= 0.3 is 20.2 Å². The standard InChI is InChI=1S/C14H11F3O6S2/c15-10-5-6-14(12(17)9-10)23-25(20,21)8-7-24(18,19)22-13-4-2-1-3-11(13)16/h1-6,9H,7-8H2. The van der Waals surface area contributed by atoms with Crippen molar-refractivity contribution in [3.63, 3.8) is 0 Å². The van der Waals surface area contributed by atoms with Crippen LogP contribution in [0.1, 0.15) is 0 Å². The molecule has 6 nitrogen and oxygen atoms in total. The van der Waals surface area contributed by atoms with Gasteiger partial charge in [-0.2, -0.15) is 16.8 Å². The summed E-state index contributed by atoms with van der Waals surface area (Å²) >= 11 is 0. The Hall–Kier alpha value is -2.27. The van der Waals surface area contributed by atoms with Crippen LogP contribution >= 0.6 is 0 Å². The van der Waals surface area contributed by atoms with Crippen LogP contribution in [0.4, 0.5) is 13.2 Å². The zero-order valence-electron chi connectivity index (χ0n) is 12.4. The van der Waals surface area contributed by atoms with E-state index in [1.165, 1.54) is 12.1 Å². The molecule has 0 fully saturated rings. The first-order chi connectivity index (χ1) is 11.6. The zero-order chi connectivity index (χ0) is 18.7. The first kappa shape index (κ1) is 19.1. The van der Waals surface area contributed by atoms with Crippen molar-refractivity contribution in [3.8, 4) is 11.5 Å². The smallest absolute Gasteiger partial charge is 0.310 e. The van der Waals surface area contributed by atoms with Crippen molar-refractivity contribution in [1.82, 2.24) is 0 Å². The molecule has 0 saturated heterocycles. The van der Waals surface area contributed by atoms with Gasteiger partial charge in [-0.3, -0.25) is 0 Å². The van der Waals surface area contributed by atoms with Gasteiger partial charge in [-0.05, 0) is 24.3 Å². The number of para-hydroxylation sites is 1. The number of halogens is 3. The molecule has 0 N–H and O–H groups in total. The predicted molar refractivity (Wildman–Crippen MR) is 81.6 cm³/mol. The highest BCUT2D eigenvalue weighted by molar-refractivity contribution is 7.90. The summed E-state index contributed by atoms with van der Waals surface area (Å²) in [5.74, 6) is -6.68. The van der Waals surface area contributed by atoms with E-state index >= 15 is 0 Å². The largest absolute Gasteiger partial charge is 0.379 e. The van der Waals surface area contributed by atoms with Crippen molar-refractivity contribution in [2.45, 2.75) is 0 Å². The molecule has 0 heterocycles. The van der Waals surface area contributed by atoms with Gasteiger partial charge in [-0.15, -0.1) is 0 Å². The summed E-state index contributed by atoms with van der Waals surface area (Å²) in [7, 11) is -8.97. The lowest BCUT2D eigenvalue weighted by Crippen LogP contribution is -2.24. The van der Waals surface area contributed by atoms with Crippen LogP contribution in [-0.4, -0.2) is 28.3 Å². The van der Waals surface area contributed by atoms with E-state index in [4.69, 9.17) is 0 Å². The fourth-order valence-corrected chi connectivity index (χ4v) is 4.23. The summed E-state index contributed by atoms with van der Waals surface area (Å²) in [6.45, 7) is 0. The summed E-state index contributed by atoms with van der Waals surface area (Å²) in [6, 6.07) is 6.56. The topological polar surface area (TPSA) is 86.7 Å². The second-order valence-corrected chi connectivity index (χ2v) is 8.08. The van der Waals surface area contributed by atoms with Crippen LogP contribution < -0.4 is 8.37 Å². The van der Waals surface area contributed by atoms with Gasteiger partial charge < -0.3 is 8.37 Å². The van der Waals surface area contributed by atoms with E-state index in [0.717, 1.165) is 24.3 Å². The van der Waals surface area contributed by atoms with Crippen LogP contribution in [0.2, 0.25) is 0 Å². The van der Waals surface area contributed by atoms with Crippen LogP contribution in [0.5, 0.6) is 11.5 Å². The Bertz CT molecular complexity index is 974. The molecule has 2 rings (SSSR count).